The summed E-state index contributed by atoms with van der Waals surface area (Å²) in [6.45, 7) is 3.34. The molecule has 0 aliphatic carbocycles. The van der Waals surface area contributed by atoms with Crippen LogP contribution in [-0.2, 0) is 11.3 Å². The molecule has 4 nitrogen and oxygen atoms in total. The topological polar surface area (TPSA) is 42.4 Å². The van der Waals surface area contributed by atoms with Gasteiger partial charge >= 0.3 is 0 Å². The number of hydrogen-bond acceptors (Lipinski definition) is 4. The molecule has 0 bridgehead atoms. The Kier molecular flexibility index (Phi) is 4.55. The highest BCUT2D eigenvalue weighted by Crippen LogP contribution is 2.33. The first-order valence-corrected chi connectivity index (χ1v) is 8.38. The molecular weight excluding hydrogens is 296 g/mol. The minimum absolute atomic E-state index is 0.0302. The van der Waals surface area contributed by atoms with Crippen LogP contribution in [0.3, 0.4) is 0 Å². The minimum atomic E-state index is 0.0302. The second kappa shape index (κ2) is 6.58. The molecule has 0 unspecified atom stereocenters. The first-order valence-electron chi connectivity index (χ1n) is 7.50. The van der Waals surface area contributed by atoms with Gasteiger partial charge in [-0.3, -0.25) is 4.79 Å². The van der Waals surface area contributed by atoms with E-state index < -0.39 is 0 Å². The monoisotopic (exact) mass is 316 g/mol. The highest BCUT2D eigenvalue weighted by atomic mass is 32.1. The van der Waals surface area contributed by atoms with E-state index in [1.807, 2.05) is 10.3 Å². The molecule has 3 rings (SSSR count). The first kappa shape index (κ1) is 15.2. The van der Waals surface area contributed by atoms with Crippen LogP contribution >= 0.6 is 11.3 Å². The Hall–Kier alpha value is -1.72. The number of amides is 1. The van der Waals surface area contributed by atoms with Crippen molar-refractivity contribution in [1.29, 1.82) is 0 Å². The van der Waals surface area contributed by atoms with E-state index >= 15 is 0 Å². The molecule has 0 saturated carbocycles. The molecule has 116 valence electrons. The van der Waals surface area contributed by atoms with Crippen molar-refractivity contribution in [3.8, 4) is 0 Å². The standard InChI is InChI=1S/C17H20N2O2S/c1-12-5-3-6-13(9-12)15-7-4-8-19(15)17(20)14-11-22-16(18-14)10-21-2/h3,5-6,9,11,15H,4,7-8,10H2,1-2H3/t15-/m0/s1. The summed E-state index contributed by atoms with van der Waals surface area (Å²) in [5.74, 6) is 0.0302. The van der Waals surface area contributed by atoms with Gasteiger partial charge in [0.1, 0.15) is 10.7 Å². The quantitative estimate of drug-likeness (QED) is 0.866. The number of carbonyl (C=O) groups is 1. The highest BCUT2D eigenvalue weighted by molar-refractivity contribution is 7.09. The largest absolute Gasteiger partial charge is 0.378 e. The Morgan fingerprint density at radius 2 is 2.36 bits per heavy atom. The van der Waals surface area contributed by atoms with Crippen LogP contribution in [0.5, 0.6) is 0 Å². The van der Waals surface area contributed by atoms with E-state index in [1.54, 1.807) is 7.11 Å². The summed E-state index contributed by atoms with van der Waals surface area (Å²) >= 11 is 1.48. The maximum Gasteiger partial charge on any atom is 0.273 e. The van der Waals surface area contributed by atoms with Gasteiger partial charge in [0.15, 0.2) is 0 Å². The summed E-state index contributed by atoms with van der Waals surface area (Å²) < 4.78 is 5.07. The van der Waals surface area contributed by atoms with Gasteiger partial charge in [-0.05, 0) is 25.3 Å². The van der Waals surface area contributed by atoms with Gasteiger partial charge < -0.3 is 9.64 Å². The van der Waals surface area contributed by atoms with Crippen LogP contribution in [0.25, 0.3) is 0 Å². The molecule has 1 fully saturated rings. The van der Waals surface area contributed by atoms with Gasteiger partial charge in [0.2, 0.25) is 0 Å². The number of thiazole rings is 1. The van der Waals surface area contributed by atoms with E-state index in [-0.39, 0.29) is 11.9 Å². The van der Waals surface area contributed by atoms with Crippen molar-refractivity contribution < 1.29 is 9.53 Å². The molecule has 2 aromatic rings. The van der Waals surface area contributed by atoms with Gasteiger partial charge in [-0.1, -0.05) is 29.8 Å². The van der Waals surface area contributed by atoms with Crippen molar-refractivity contribution in [1.82, 2.24) is 9.88 Å². The van der Waals surface area contributed by atoms with Crippen LogP contribution in [0.1, 0.15) is 45.5 Å². The Morgan fingerprint density at radius 3 is 3.14 bits per heavy atom. The Labute approximate surface area is 134 Å². The lowest BCUT2D eigenvalue weighted by Crippen LogP contribution is -2.30. The number of nitrogens with zero attached hydrogens (tertiary/aromatic N) is 2. The summed E-state index contributed by atoms with van der Waals surface area (Å²) in [4.78, 5) is 19.1. The van der Waals surface area contributed by atoms with Crippen LogP contribution in [0.15, 0.2) is 29.6 Å². The molecule has 0 spiro atoms. The Balaban J connectivity index is 1.81. The van der Waals surface area contributed by atoms with Crippen molar-refractivity contribution >= 4 is 17.2 Å². The van der Waals surface area contributed by atoms with Crippen LogP contribution in [0, 0.1) is 6.92 Å². The SMILES string of the molecule is COCc1nc(C(=O)N2CCC[C@H]2c2cccc(C)c2)cs1. The number of aryl methyl sites for hydroxylation is 1. The number of carbonyl (C=O) groups excluding carboxylic acids is 1. The second-order valence-corrected chi connectivity index (χ2v) is 6.57. The highest BCUT2D eigenvalue weighted by Gasteiger charge is 2.31. The van der Waals surface area contributed by atoms with Crippen molar-refractivity contribution in [2.24, 2.45) is 0 Å². The van der Waals surface area contributed by atoms with Crippen molar-refractivity contribution in [3.63, 3.8) is 0 Å². The summed E-state index contributed by atoms with van der Waals surface area (Å²) in [6, 6.07) is 8.60. The lowest BCUT2D eigenvalue weighted by atomic mass is 10.0. The number of benzene rings is 1. The van der Waals surface area contributed by atoms with E-state index in [2.05, 4.69) is 36.2 Å². The van der Waals surface area contributed by atoms with Crippen molar-refractivity contribution in [3.05, 3.63) is 51.5 Å². The lowest BCUT2D eigenvalue weighted by molar-refractivity contribution is 0.0730. The smallest absolute Gasteiger partial charge is 0.273 e. The van der Waals surface area contributed by atoms with Gasteiger partial charge in [-0.25, -0.2) is 4.98 Å². The maximum atomic E-state index is 12.8. The van der Waals surface area contributed by atoms with Gasteiger partial charge in [-0.15, -0.1) is 11.3 Å². The van der Waals surface area contributed by atoms with E-state index in [0.29, 0.717) is 12.3 Å². The molecule has 1 aromatic carbocycles. The van der Waals surface area contributed by atoms with Crippen molar-refractivity contribution in [2.45, 2.75) is 32.4 Å². The average molecular weight is 316 g/mol. The molecule has 1 atom stereocenters. The van der Waals surface area contributed by atoms with Gasteiger partial charge in [0.25, 0.3) is 5.91 Å². The number of hydrogen-bond donors (Lipinski definition) is 0. The maximum absolute atomic E-state index is 12.8. The zero-order valence-electron chi connectivity index (χ0n) is 12.9. The van der Waals surface area contributed by atoms with E-state index in [0.717, 1.165) is 24.4 Å². The van der Waals surface area contributed by atoms with Gasteiger partial charge in [0.05, 0.1) is 12.6 Å². The van der Waals surface area contributed by atoms with E-state index in [9.17, 15) is 4.79 Å². The number of methoxy groups -OCH3 is 1. The third-order valence-electron chi connectivity index (χ3n) is 3.98. The van der Waals surface area contributed by atoms with Crippen LogP contribution in [0.4, 0.5) is 0 Å². The fraction of sp³-hybridized carbons (Fsp3) is 0.412. The molecule has 1 aromatic heterocycles. The number of ether oxygens (including phenoxy) is 1. The van der Waals surface area contributed by atoms with Crippen LogP contribution in [0.2, 0.25) is 0 Å². The fourth-order valence-corrected chi connectivity index (χ4v) is 3.72. The van der Waals surface area contributed by atoms with Crippen LogP contribution < -0.4 is 0 Å². The number of likely N-dealkylation sites (tertiary alicyclic amines) is 1. The average Bonchev–Trinajstić information content (AvgIpc) is 3.16. The van der Waals surface area contributed by atoms with Gasteiger partial charge in [-0.2, -0.15) is 0 Å². The molecule has 1 saturated heterocycles. The fourth-order valence-electron chi connectivity index (χ4n) is 2.98. The summed E-state index contributed by atoms with van der Waals surface area (Å²) in [6.07, 6.45) is 2.06. The number of aromatic nitrogens is 1. The lowest BCUT2D eigenvalue weighted by Gasteiger charge is -2.24. The van der Waals surface area contributed by atoms with Gasteiger partial charge in [0, 0.05) is 19.0 Å². The second-order valence-electron chi connectivity index (χ2n) is 5.63. The van der Waals surface area contributed by atoms with Crippen molar-refractivity contribution in [2.75, 3.05) is 13.7 Å². The first-order chi connectivity index (χ1) is 10.7. The Bertz CT molecular complexity index is 668. The third-order valence-corrected chi connectivity index (χ3v) is 4.80. The molecule has 2 heterocycles. The minimum Gasteiger partial charge on any atom is -0.378 e. The zero-order valence-corrected chi connectivity index (χ0v) is 13.7. The number of rotatable bonds is 4. The predicted molar refractivity (Wildman–Crippen MR) is 87.0 cm³/mol. The summed E-state index contributed by atoms with van der Waals surface area (Å²) in [7, 11) is 1.64. The molecule has 1 amide bonds. The molecule has 22 heavy (non-hydrogen) atoms. The normalized spacial score (nSPS) is 17.9. The molecular formula is C17H20N2O2S. The molecule has 1 aliphatic heterocycles. The van der Waals surface area contributed by atoms with Crippen LogP contribution in [-0.4, -0.2) is 29.4 Å². The van der Waals surface area contributed by atoms with E-state index in [4.69, 9.17) is 4.74 Å². The Morgan fingerprint density at radius 1 is 1.50 bits per heavy atom. The molecule has 1 aliphatic rings. The predicted octanol–water partition coefficient (Wildman–Crippen LogP) is 3.58. The third kappa shape index (κ3) is 3.05. The molecule has 0 radical (unpaired) electrons. The summed E-state index contributed by atoms with van der Waals surface area (Å²) in [5.41, 5.74) is 2.99. The molecule has 5 heteroatoms. The zero-order chi connectivity index (χ0) is 15.5. The van der Waals surface area contributed by atoms with E-state index in [1.165, 1.54) is 22.5 Å². The summed E-state index contributed by atoms with van der Waals surface area (Å²) in [5, 5.41) is 2.68. The molecule has 0 N–H and O–H groups in total.